The number of hydrogen-bond acceptors (Lipinski definition) is 5. The second-order valence-electron chi connectivity index (χ2n) is 4.83. The summed E-state index contributed by atoms with van der Waals surface area (Å²) in [7, 11) is 0. The number of halogens is 1. The summed E-state index contributed by atoms with van der Waals surface area (Å²) in [6.45, 7) is -0.233. The van der Waals surface area contributed by atoms with E-state index in [0.717, 1.165) is 4.47 Å². The lowest BCUT2D eigenvalue weighted by molar-refractivity contribution is -0.384. The molecule has 0 radical (unpaired) electrons. The molecule has 8 nitrogen and oxygen atoms in total. The highest BCUT2D eigenvalue weighted by atomic mass is 79.9. The predicted octanol–water partition coefficient (Wildman–Crippen LogP) is 2.24. The van der Waals surface area contributed by atoms with Crippen LogP contribution in [0.1, 0.15) is 15.9 Å². The monoisotopic (exact) mass is 404 g/mol. The number of nitro benzene ring substituents is 1. The highest BCUT2D eigenvalue weighted by Gasteiger charge is 2.07. The lowest BCUT2D eigenvalue weighted by Gasteiger charge is -2.04. The number of amides is 2. The number of rotatable bonds is 6. The summed E-state index contributed by atoms with van der Waals surface area (Å²) in [5.74, 6) is -0.877. The van der Waals surface area contributed by atoms with Crippen LogP contribution >= 0.6 is 15.9 Å². The molecule has 0 fully saturated rings. The standard InChI is InChI=1S/C16H13BrN4O4/c17-13-3-1-2-12(8-13)16(23)18-10-15(22)20-19-9-11-4-6-14(7-5-11)21(24)25/h1-9H,10H2,(H,18,23)(H,20,22)/b19-9-. The van der Waals surface area contributed by atoms with Gasteiger partial charge in [0.2, 0.25) is 0 Å². The Bertz CT molecular complexity index is 821. The van der Waals surface area contributed by atoms with Crippen LogP contribution in [0.5, 0.6) is 0 Å². The van der Waals surface area contributed by atoms with Gasteiger partial charge >= 0.3 is 0 Å². The van der Waals surface area contributed by atoms with E-state index in [4.69, 9.17) is 0 Å². The molecule has 0 saturated heterocycles. The van der Waals surface area contributed by atoms with Gasteiger partial charge in [0.05, 0.1) is 17.7 Å². The van der Waals surface area contributed by atoms with Gasteiger partial charge in [-0.25, -0.2) is 5.43 Å². The van der Waals surface area contributed by atoms with E-state index in [1.165, 1.54) is 30.5 Å². The molecular weight excluding hydrogens is 392 g/mol. The third-order valence-electron chi connectivity index (χ3n) is 3.00. The predicted molar refractivity (Wildman–Crippen MR) is 95.3 cm³/mol. The van der Waals surface area contributed by atoms with E-state index in [2.05, 4.69) is 31.8 Å². The number of carbonyl (C=O) groups is 2. The molecule has 2 aromatic rings. The van der Waals surface area contributed by atoms with Gasteiger partial charge in [-0.1, -0.05) is 22.0 Å². The van der Waals surface area contributed by atoms with Gasteiger partial charge < -0.3 is 5.32 Å². The van der Waals surface area contributed by atoms with Gasteiger partial charge in [0, 0.05) is 22.2 Å². The van der Waals surface area contributed by atoms with Gasteiger partial charge in [0.25, 0.3) is 17.5 Å². The van der Waals surface area contributed by atoms with E-state index in [1.54, 1.807) is 24.3 Å². The molecule has 25 heavy (non-hydrogen) atoms. The minimum absolute atomic E-state index is 0.0311. The Balaban J connectivity index is 1.80. The number of non-ortho nitro benzene ring substituents is 1. The van der Waals surface area contributed by atoms with Gasteiger partial charge in [-0.3, -0.25) is 19.7 Å². The lowest BCUT2D eigenvalue weighted by atomic mass is 10.2. The van der Waals surface area contributed by atoms with Crippen LogP contribution in [-0.4, -0.2) is 29.5 Å². The van der Waals surface area contributed by atoms with Crippen LogP contribution in [-0.2, 0) is 4.79 Å². The Morgan fingerprint density at radius 2 is 1.92 bits per heavy atom. The number of hydrogen-bond donors (Lipinski definition) is 2. The number of carbonyl (C=O) groups excluding carboxylic acids is 2. The summed E-state index contributed by atoms with van der Waals surface area (Å²) in [6, 6.07) is 12.4. The third kappa shape index (κ3) is 5.81. The summed E-state index contributed by atoms with van der Waals surface area (Å²) >= 11 is 3.26. The molecule has 0 unspecified atom stereocenters. The first-order chi connectivity index (χ1) is 12.0. The minimum Gasteiger partial charge on any atom is -0.343 e. The normalized spacial score (nSPS) is 10.4. The lowest BCUT2D eigenvalue weighted by Crippen LogP contribution is -2.34. The second-order valence-corrected chi connectivity index (χ2v) is 5.75. The van der Waals surface area contributed by atoms with Crippen molar-refractivity contribution in [1.29, 1.82) is 0 Å². The van der Waals surface area contributed by atoms with Crippen molar-refractivity contribution in [3.05, 3.63) is 74.2 Å². The van der Waals surface area contributed by atoms with Crippen molar-refractivity contribution in [2.45, 2.75) is 0 Å². The molecule has 128 valence electrons. The Hall–Kier alpha value is -3.07. The second kappa shape index (κ2) is 8.69. The molecule has 2 aromatic carbocycles. The minimum atomic E-state index is -0.503. The van der Waals surface area contributed by atoms with Gasteiger partial charge in [0.15, 0.2) is 0 Å². The molecule has 0 aliphatic heterocycles. The van der Waals surface area contributed by atoms with Gasteiger partial charge in [-0.2, -0.15) is 5.10 Å². The number of nitro groups is 1. The smallest absolute Gasteiger partial charge is 0.269 e. The Morgan fingerprint density at radius 3 is 2.56 bits per heavy atom. The van der Waals surface area contributed by atoms with Gasteiger partial charge in [0.1, 0.15) is 0 Å². The number of nitrogens with zero attached hydrogens (tertiary/aromatic N) is 2. The van der Waals surface area contributed by atoms with Crippen LogP contribution in [0.3, 0.4) is 0 Å². The fourth-order valence-corrected chi connectivity index (χ4v) is 2.19. The summed E-state index contributed by atoms with van der Waals surface area (Å²) in [5, 5.41) is 16.7. The number of hydrazone groups is 1. The summed E-state index contributed by atoms with van der Waals surface area (Å²) in [4.78, 5) is 33.6. The van der Waals surface area contributed by atoms with Crippen molar-refractivity contribution in [1.82, 2.24) is 10.7 Å². The van der Waals surface area contributed by atoms with E-state index in [1.807, 2.05) is 0 Å². The maximum absolute atomic E-state index is 11.9. The summed E-state index contributed by atoms with van der Waals surface area (Å²) < 4.78 is 0.761. The first-order valence-electron chi connectivity index (χ1n) is 7.06. The zero-order chi connectivity index (χ0) is 18.2. The molecule has 2 rings (SSSR count). The van der Waals surface area contributed by atoms with Crippen LogP contribution in [0, 0.1) is 10.1 Å². The Morgan fingerprint density at radius 1 is 1.20 bits per heavy atom. The molecule has 0 atom stereocenters. The molecule has 0 aromatic heterocycles. The third-order valence-corrected chi connectivity index (χ3v) is 3.50. The number of benzene rings is 2. The molecule has 0 saturated carbocycles. The van der Waals surface area contributed by atoms with Crippen molar-refractivity contribution in [2.24, 2.45) is 5.10 Å². The van der Waals surface area contributed by atoms with Crippen LogP contribution in [0.25, 0.3) is 0 Å². The van der Waals surface area contributed by atoms with Crippen molar-refractivity contribution in [3.63, 3.8) is 0 Å². The van der Waals surface area contributed by atoms with Gasteiger partial charge in [-0.05, 0) is 35.9 Å². The van der Waals surface area contributed by atoms with Crippen LogP contribution in [0.2, 0.25) is 0 Å². The fourth-order valence-electron chi connectivity index (χ4n) is 1.79. The quantitative estimate of drug-likeness (QED) is 0.436. The van der Waals surface area contributed by atoms with E-state index in [9.17, 15) is 19.7 Å². The van der Waals surface area contributed by atoms with E-state index >= 15 is 0 Å². The SMILES string of the molecule is O=C(CNC(=O)c1cccc(Br)c1)N/N=C\c1ccc([N+](=O)[O-])cc1. The molecule has 2 amide bonds. The molecule has 0 aliphatic rings. The van der Waals surface area contributed by atoms with Gasteiger partial charge in [-0.15, -0.1) is 0 Å². The average Bonchev–Trinajstić information content (AvgIpc) is 2.60. The molecule has 0 spiro atoms. The highest BCUT2D eigenvalue weighted by Crippen LogP contribution is 2.11. The molecular formula is C16H13BrN4O4. The highest BCUT2D eigenvalue weighted by molar-refractivity contribution is 9.10. The van der Waals surface area contributed by atoms with Crippen molar-refractivity contribution in [2.75, 3.05) is 6.54 Å². The topological polar surface area (TPSA) is 114 Å². The maximum atomic E-state index is 11.9. The van der Waals surface area contributed by atoms with Crippen LogP contribution < -0.4 is 10.7 Å². The van der Waals surface area contributed by atoms with E-state index < -0.39 is 10.8 Å². The fraction of sp³-hybridized carbons (Fsp3) is 0.0625. The molecule has 2 N–H and O–H groups in total. The largest absolute Gasteiger partial charge is 0.343 e. The maximum Gasteiger partial charge on any atom is 0.269 e. The first kappa shape index (κ1) is 18.3. The van der Waals surface area contributed by atoms with Crippen molar-refractivity contribution < 1.29 is 14.5 Å². The van der Waals surface area contributed by atoms with E-state index in [-0.39, 0.29) is 18.1 Å². The van der Waals surface area contributed by atoms with Crippen LogP contribution in [0.15, 0.2) is 58.1 Å². The number of nitrogens with one attached hydrogen (secondary N) is 2. The summed E-state index contributed by atoms with van der Waals surface area (Å²) in [5.41, 5.74) is 3.24. The average molecular weight is 405 g/mol. The van der Waals surface area contributed by atoms with E-state index in [0.29, 0.717) is 11.1 Å². The Kier molecular flexibility index (Phi) is 6.35. The Labute approximate surface area is 151 Å². The van der Waals surface area contributed by atoms with Crippen molar-refractivity contribution >= 4 is 39.6 Å². The molecule has 0 aliphatic carbocycles. The molecule has 0 heterocycles. The summed E-state index contributed by atoms with van der Waals surface area (Å²) in [6.07, 6.45) is 1.34. The first-order valence-corrected chi connectivity index (χ1v) is 7.85. The molecule has 0 bridgehead atoms. The zero-order valence-electron chi connectivity index (χ0n) is 12.8. The zero-order valence-corrected chi connectivity index (χ0v) is 14.4. The van der Waals surface area contributed by atoms with Crippen LogP contribution in [0.4, 0.5) is 5.69 Å². The molecule has 9 heteroatoms. The van der Waals surface area contributed by atoms with Crippen molar-refractivity contribution in [3.8, 4) is 0 Å².